The van der Waals surface area contributed by atoms with E-state index >= 15 is 0 Å². The Morgan fingerprint density at radius 2 is 1.94 bits per heavy atom. The second-order valence-electron chi connectivity index (χ2n) is 3.70. The second-order valence-corrected chi connectivity index (χ2v) is 3.70. The van der Waals surface area contributed by atoms with Gasteiger partial charge in [-0.25, -0.2) is 0 Å². The van der Waals surface area contributed by atoms with E-state index in [1.165, 1.54) is 0 Å². The van der Waals surface area contributed by atoms with Crippen LogP contribution in [-0.2, 0) is 14.3 Å². The molecule has 0 aromatic rings. The third-order valence-corrected chi connectivity index (χ3v) is 1.95. The summed E-state index contributed by atoms with van der Waals surface area (Å²) >= 11 is 0. The van der Waals surface area contributed by atoms with Gasteiger partial charge in [-0.1, -0.05) is 13.3 Å². The van der Waals surface area contributed by atoms with E-state index in [-0.39, 0.29) is 25.0 Å². The summed E-state index contributed by atoms with van der Waals surface area (Å²) in [5.41, 5.74) is 0. The molecule has 0 saturated carbocycles. The topological polar surface area (TPSA) is 58.6 Å². The van der Waals surface area contributed by atoms with E-state index < -0.39 is 0 Å². The summed E-state index contributed by atoms with van der Waals surface area (Å²) in [6.07, 6.45) is 1.88. The molecule has 0 bridgehead atoms. The molecule has 1 amide bonds. The van der Waals surface area contributed by atoms with Crippen molar-refractivity contribution in [2.45, 2.75) is 26.7 Å². The third-order valence-electron chi connectivity index (χ3n) is 1.95. The monoisotopic (exact) mass is 230 g/mol. The molecule has 0 aliphatic rings. The van der Waals surface area contributed by atoms with Crippen molar-refractivity contribution < 1.29 is 14.3 Å². The molecule has 0 heterocycles. The molecule has 5 nitrogen and oxygen atoms in total. The molecule has 1 N–H and O–H groups in total. The molecule has 0 radical (unpaired) electrons. The van der Waals surface area contributed by atoms with Crippen LogP contribution in [0.2, 0.25) is 0 Å². The molecular formula is C11H22N2O3. The predicted octanol–water partition coefficient (Wildman–Crippen LogP) is 0.398. The average molecular weight is 230 g/mol. The van der Waals surface area contributed by atoms with E-state index in [0.29, 0.717) is 13.2 Å². The van der Waals surface area contributed by atoms with Gasteiger partial charge in [-0.15, -0.1) is 0 Å². The number of hydrogen-bond acceptors (Lipinski definition) is 4. The Morgan fingerprint density at radius 1 is 1.25 bits per heavy atom. The van der Waals surface area contributed by atoms with Gasteiger partial charge in [-0.2, -0.15) is 0 Å². The Kier molecular flexibility index (Phi) is 8.52. The molecule has 0 aromatic heterocycles. The molecule has 16 heavy (non-hydrogen) atoms. The molecule has 5 heteroatoms. The molecule has 0 atom stereocenters. The maximum Gasteiger partial charge on any atom is 0.320 e. The Hall–Kier alpha value is -1.10. The zero-order valence-corrected chi connectivity index (χ0v) is 10.4. The van der Waals surface area contributed by atoms with Gasteiger partial charge >= 0.3 is 5.97 Å². The van der Waals surface area contributed by atoms with Gasteiger partial charge < -0.3 is 10.1 Å². The normalized spacial score (nSPS) is 10.2. The Bertz CT molecular complexity index is 219. The summed E-state index contributed by atoms with van der Waals surface area (Å²) in [5.74, 6) is -0.355. The van der Waals surface area contributed by atoms with E-state index in [2.05, 4.69) is 5.32 Å². The van der Waals surface area contributed by atoms with Crippen LogP contribution in [0.4, 0.5) is 0 Å². The standard InChI is InChI=1S/C11H22N2O3/c1-4-6-7-16-11(15)9-13(3)8-10(14)12-5-2/h4-9H2,1-3H3,(H,12,14). The molecular weight excluding hydrogens is 208 g/mol. The van der Waals surface area contributed by atoms with E-state index in [0.717, 1.165) is 12.8 Å². The molecule has 0 fully saturated rings. The number of unbranched alkanes of at least 4 members (excludes halogenated alkanes) is 1. The van der Waals surface area contributed by atoms with Gasteiger partial charge in [0, 0.05) is 6.54 Å². The zero-order chi connectivity index (χ0) is 12.4. The van der Waals surface area contributed by atoms with Crippen molar-refractivity contribution in [3.8, 4) is 0 Å². The van der Waals surface area contributed by atoms with Gasteiger partial charge in [-0.3, -0.25) is 14.5 Å². The van der Waals surface area contributed by atoms with Gasteiger partial charge in [-0.05, 0) is 20.4 Å². The Morgan fingerprint density at radius 3 is 2.50 bits per heavy atom. The van der Waals surface area contributed by atoms with E-state index in [9.17, 15) is 9.59 Å². The highest BCUT2D eigenvalue weighted by Crippen LogP contribution is 1.91. The van der Waals surface area contributed by atoms with E-state index in [4.69, 9.17) is 4.74 Å². The highest BCUT2D eigenvalue weighted by molar-refractivity contribution is 5.79. The van der Waals surface area contributed by atoms with Crippen LogP contribution in [0, 0.1) is 0 Å². The molecule has 0 aliphatic heterocycles. The van der Waals surface area contributed by atoms with Crippen LogP contribution in [0.1, 0.15) is 26.7 Å². The zero-order valence-electron chi connectivity index (χ0n) is 10.4. The minimum atomic E-state index is -0.278. The predicted molar refractivity (Wildman–Crippen MR) is 62.0 cm³/mol. The molecule has 0 aliphatic carbocycles. The Balaban J connectivity index is 3.65. The summed E-state index contributed by atoms with van der Waals surface area (Å²) in [7, 11) is 1.72. The lowest BCUT2D eigenvalue weighted by Crippen LogP contribution is -2.37. The minimum Gasteiger partial charge on any atom is -0.465 e. The highest BCUT2D eigenvalue weighted by atomic mass is 16.5. The summed E-state index contributed by atoms with van der Waals surface area (Å²) in [6, 6.07) is 0. The van der Waals surface area contributed by atoms with Crippen LogP contribution >= 0.6 is 0 Å². The smallest absolute Gasteiger partial charge is 0.320 e. The van der Waals surface area contributed by atoms with Gasteiger partial charge in [0.2, 0.25) is 5.91 Å². The van der Waals surface area contributed by atoms with Crippen molar-refractivity contribution in [3.05, 3.63) is 0 Å². The van der Waals surface area contributed by atoms with Gasteiger partial charge in [0.05, 0.1) is 19.7 Å². The van der Waals surface area contributed by atoms with E-state index in [1.54, 1.807) is 11.9 Å². The van der Waals surface area contributed by atoms with Crippen molar-refractivity contribution >= 4 is 11.9 Å². The van der Waals surface area contributed by atoms with Crippen LogP contribution in [0.15, 0.2) is 0 Å². The number of nitrogens with one attached hydrogen (secondary N) is 1. The number of hydrogen-bond donors (Lipinski definition) is 1. The number of rotatable bonds is 8. The first-order valence-electron chi connectivity index (χ1n) is 5.71. The summed E-state index contributed by atoms with van der Waals surface area (Å²) in [5, 5.41) is 2.67. The number of esters is 1. The van der Waals surface area contributed by atoms with Gasteiger partial charge in [0.25, 0.3) is 0 Å². The molecule has 0 rings (SSSR count). The van der Waals surface area contributed by atoms with Crippen LogP contribution < -0.4 is 5.32 Å². The lowest BCUT2D eigenvalue weighted by molar-refractivity contribution is -0.144. The first-order valence-corrected chi connectivity index (χ1v) is 5.71. The molecule has 0 spiro atoms. The number of ether oxygens (including phenoxy) is 1. The van der Waals surface area contributed by atoms with Gasteiger partial charge in [0.15, 0.2) is 0 Å². The average Bonchev–Trinajstić information content (AvgIpc) is 2.17. The first kappa shape index (κ1) is 14.9. The number of nitrogens with zero attached hydrogens (tertiary/aromatic N) is 1. The maximum absolute atomic E-state index is 11.3. The van der Waals surface area contributed by atoms with Crippen LogP contribution in [0.3, 0.4) is 0 Å². The van der Waals surface area contributed by atoms with Crippen molar-refractivity contribution in [1.29, 1.82) is 0 Å². The quantitative estimate of drug-likeness (QED) is 0.484. The number of amides is 1. The van der Waals surface area contributed by atoms with E-state index in [1.807, 2.05) is 13.8 Å². The summed E-state index contributed by atoms with van der Waals surface area (Å²) in [4.78, 5) is 24.1. The van der Waals surface area contributed by atoms with Crippen molar-refractivity contribution in [2.24, 2.45) is 0 Å². The summed E-state index contributed by atoms with van der Waals surface area (Å²) < 4.78 is 4.98. The number of carbonyl (C=O) groups is 2. The fraction of sp³-hybridized carbons (Fsp3) is 0.818. The SMILES string of the molecule is CCCCOC(=O)CN(C)CC(=O)NCC. The molecule has 0 aromatic carbocycles. The lowest BCUT2D eigenvalue weighted by atomic mass is 10.4. The van der Waals surface area contributed by atoms with Crippen molar-refractivity contribution in [2.75, 3.05) is 33.3 Å². The van der Waals surface area contributed by atoms with Crippen molar-refractivity contribution in [1.82, 2.24) is 10.2 Å². The summed E-state index contributed by atoms with van der Waals surface area (Å²) in [6.45, 7) is 5.33. The molecule has 0 saturated heterocycles. The lowest BCUT2D eigenvalue weighted by Gasteiger charge is -2.14. The third kappa shape index (κ3) is 8.23. The van der Waals surface area contributed by atoms with Crippen molar-refractivity contribution in [3.63, 3.8) is 0 Å². The second kappa shape index (κ2) is 9.15. The van der Waals surface area contributed by atoms with Crippen LogP contribution in [0.5, 0.6) is 0 Å². The van der Waals surface area contributed by atoms with Gasteiger partial charge in [0.1, 0.15) is 0 Å². The Labute approximate surface area is 97.1 Å². The highest BCUT2D eigenvalue weighted by Gasteiger charge is 2.10. The van der Waals surface area contributed by atoms with Crippen LogP contribution in [-0.4, -0.2) is 50.1 Å². The first-order chi connectivity index (χ1) is 7.60. The largest absolute Gasteiger partial charge is 0.465 e. The fourth-order valence-electron chi connectivity index (χ4n) is 1.15. The fourth-order valence-corrected chi connectivity index (χ4v) is 1.15. The van der Waals surface area contributed by atoms with Crippen LogP contribution in [0.25, 0.3) is 0 Å². The molecule has 94 valence electrons. The molecule has 0 unspecified atom stereocenters. The number of likely N-dealkylation sites (N-methyl/N-ethyl adjacent to an activating group) is 2. The number of carbonyl (C=O) groups excluding carboxylic acids is 2. The minimum absolute atomic E-state index is 0.0774. The maximum atomic E-state index is 11.3.